The van der Waals surface area contributed by atoms with Gasteiger partial charge in [0.25, 0.3) is 0 Å². The molecule has 0 aliphatic rings. The molecule has 0 atom stereocenters. The number of nitrogens with zero attached hydrogens (tertiary/aromatic N) is 1. The van der Waals surface area contributed by atoms with Gasteiger partial charge in [-0.2, -0.15) is 0 Å². The minimum Gasteiger partial charge on any atom is -0.389 e. The molecule has 0 fully saturated rings. The zero-order valence-electron chi connectivity index (χ0n) is 10.0. The van der Waals surface area contributed by atoms with Crippen molar-refractivity contribution in [1.82, 2.24) is 4.98 Å². The van der Waals surface area contributed by atoms with Crippen LogP contribution in [0.25, 0.3) is 21.8 Å². The number of benzene rings is 2. The van der Waals surface area contributed by atoms with Crippen LogP contribution in [0.1, 0.15) is 0 Å². The van der Waals surface area contributed by atoms with Crippen LogP contribution in [0, 0.1) is 0 Å². The van der Waals surface area contributed by atoms with E-state index in [1.165, 1.54) is 11.3 Å². The summed E-state index contributed by atoms with van der Waals surface area (Å²) < 4.78 is 1.03. The fraction of sp³-hybridized carbons (Fsp3) is 0. The summed E-state index contributed by atoms with van der Waals surface area (Å²) in [6, 6.07) is 18.1. The van der Waals surface area contributed by atoms with Crippen LogP contribution in [0.5, 0.6) is 0 Å². The number of rotatable bonds is 2. The number of anilines is 1. The van der Waals surface area contributed by atoms with Crippen molar-refractivity contribution >= 4 is 32.3 Å². The second-order valence-corrected chi connectivity index (χ2v) is 6.05. The number of thiazole rings is 1. The fourth-order valence-electron chi connectivity index (χ4n) is 1.88. The molecule has 0 radical (unpaired) electrons. The fourth-order valence-corrected chi connectivity index (χ4v) is 3.14. The van der Waals surface area contributed by atoms with Crippen LogP contribution in [0.2, 0.25) is 0 Å². The van der Waals surface area contributed by atoms with Crippen molar-refractivity contribution in [3.05, 3.63) is 59.1 Å². The van der Waals surface area contributed by atoms with Crippen molar-refractivity contribution in [2.75, 3.05) is 5.73 Å². The molecular formula is C15H11BrN2S. The molecule has 2 aromatic carbocycles. The first-order valence-electron chi connectivity index (χ1n) is 5.82. The SMILES string of the molecule is Nc1sc(-c2ccccc2)nc1-c1cccc(Br)c1. The van der Waals surface area contributed by atoms with Crippen LogP contribution < -0.4 is 5.73 Å². The molecular weight excluding hydrogens is 320 g/mol. The Morgan fingerprint density at radius 1 is 0.947 bits per heavy atom. The predicted octanol–water partition coefficient (Wildman–Crippen LogP) is 4.82. The molecule has 4 heteroatoms. The molecule has 1 heterocycles. The van der Waals surface area contributed by atoms with Gasteiger partial charge in [0.2, 0.25) is 0 Å². The van der Waals surface area contributed by atoms with Gasteiger partial charge >= 0.3 is 0 Å². The standard InChI is InChI=1S/C15H11BrN2S/c16-12-8-4-7-11(9-12)13-14(17)19-15(18-13)10-5-2-1-3-6-10/h1-9H,17H2. The molecule has 0 saturated heterocycles. The number of hydrogen-bond acceptors (Lipinski definition) is 3. The lowest BCUT2D eigenvalue weighted by atomic mass is 10.1. The summed E-state index contributed by atoms with van der Waals surface area (Å²) in [5.41, 5.74) is 9.08. The van der Waals surface area contributed by atoms with Crippen molar-refractivity contribution in [3.63, 3.8) is 0 Å². The van der Waals surface area contributed by atoms with Gasteiger partial charge < -0.3 is 5.73 Å². The molecule has 2 N–H and O–H groups in total. The summed E-state index contributed by atoms with van der Waals surface area (Å²) in [6.45, 7) is 0. The molecule has 94 valence electrons. The van der Waals surface area contributed by atoms with Crippen molar-refractivity contribution in [2.24, 2.45) is 0 Å². The second-order valence-electron chi connectivity index (χ2n) is 4.11. The number of aromatic nitrogens is 1. The lowest BCUT2D eigenvalue weighted by Crippen LogP contribution is -1.85. The molecule has 0 bridgehead atoms. The predicted molar refractivity (Wildman–Crippen MR) is 85.1 cm³/mol. The first kappa shape index (κ1) is 12.4. The normalized spacial score (nSPS) is 10.6. The lowest BCUT2D eigenvalue weighted by molar-refractivity contribution is 1.40. The zero-order chi connectivity index (χ0) is 13.2. The highest BCUT2D eigenvalue weighted by Gasteiger charge is 2.11. The van der Waals surface area contributed by atoms with Gasteiger partial charge in [0.1, 0.15) is 15.7 Å². The highest BCUT2D eigenvalue weighted by molar-refractivity contribution is 9.10. The van der Waals surface area contributed by atoms with Crippen LogP contribution in [0.15, 0.2) is 59.1 Å². The van der Waals surface area contributed by atoms with Crippen molar-refractivity contribution in [2.45, 2.75) is 0 Å². The van der Waals surface area contributed by atoms with Crippen molar-refractivity contribution in [3.8, 4) is 21.8 Å². The van der Waals surface area contributed by atoms with Crippen LogP contribution >= 0.6 is 27.3 Å². The molecule has 0 spiro atoms. The molecule has 0 amide bonds. The van der Waals surface area contributed by atoms with E-state index in [0.717, 1.165) is 31.3 Å². The average Bonchev–Trinajstić information content (AvgIpc) is 2.82. The van der Waals surface area contributed by atoms with Gasteiger partial charge in [-0.25, -0.2) is 4.98 Å². The van der Waals surface area contributed by atoms with Crippen LogP contribution in [-0.2, 0) is 0 Å². The quantitative estimate of drug-likeness (QED) is 0.731. The summed E-state index contributed by atoms with van der Waals surface area (Å²) in [6.07, 6.45) is 0. The van der Waals surface area contributed by atoms with Crippen molar-refractivity contribution < 1.29 is 0 Å². The maximum atomic E-state index is 6.10. The van der Waals surface area contributed by atoms with Gasteiger partial charge in [-0.15, -0.1) is 0 Å². The van der Waals surface area contributed by atoms with E-state index in [0.29, 0.717) is 0 Å². The van der Waals surface area contributed by atoms with Gasteiger partial charge in [-0.1, -0.05) is 69.7 Å². The van der Waals surface area contributed by atoms with E-state index in [1.807, 2.05) is 54.6 Å². The first-order valence-corrected chi connectivity index (χ1v) is 7.42. The molecule has 0 aliphatic carbocycles. The Kier molecular flexibility index (Phi) is 3.36. The molecule has 1 aromatic heterocycles. The van der Waals surface area contributed by atoms with E-state index in [9.17, 15) is 0 Å². The summed E-state index contributed by atoms with van der Waals surface area (Å²) >= 11 is 4.99. The van der Waals surface area contributed by atoms with Gasteiger partial charge in [0.05, 0.1) is 0 Å². The Balaban J connectivity index is 2.08. The van der Waals surface area contributed by atoms with Crippen molar-refractivity contribution in [1.29, 1.82) is 0 Å². The summed E-state index contributed by atoms with van der Waals surface area (Å²) in [7, 11) is 0. The zero-order valence-corrected chi connectivity index (χ0v) is 12.4. The van der Waals surface area contributed by atoms with E-state index >= 15 is 0 Å². The smallest absolute Gasteiger partial charge is 0.126 e. The van der Waals surface area contributed by atoms with E-state index in [1.54, 1.807) is 0 Å². The molecule has 0 unspecified atom stereocenters. The van der Waals surface area contributed by atoms with E-state index in [-0.39, 0.29) is 0 Å². The topological polar surface area (TPSA) is 38.9 Å². The first-order chi connectivity index (χ1) is 9.24. The minimum absolute atomic E-state index is 0.747. The van der Waals surface area contributed by atoms with Gasteiger partial charge in [0, 0.05) is 15.6 Å². The number of nitrogen functional groups attached to an aromatic ring is 1. The Morgan fingerprint density at radius 2 is 1.68 bits per heavy atom. The molecule has 2 nitrogen and oxygen atoms in total. The van der Waals surface area contributed by atoms with Gasteiger partial charge in [-0.3, -0.25) is 0 Å². The molecule has 3 rings (SSSR count). The number of hydrogen-bond donors (Lipinski definition) is 1. The third-order valence-corrected chi connectivity index (χ3v) is 4.20. The third kappa shape index (κ3) is 2.55. The Morgan fingerprint density at radius 3 is 2.42 bits per heavy atom. The van der Waals surface area contributed by atoms with Crippen LogP contribution in [0.4, 0.5) is 5.00 Å². The minimum atomic E-state index is 0.747. The average molecular weight is 331 g/mol. The molecule has 19 heavy (non-hydrogen) atoms. The monoisotopic (exact) mass is 330 g/mol. The number of halogens is 1. The van der Waals surface area contributed by atoms with Crippen LogP contribution in [-0.4, -0.2) is 4.98 Å². The lowest BCUT2D eigenvalue weighted by Gasteiger charge is -1.99. The molecule has 0 saturated carbocycles. The Labute approximate surface area is 124 Å². The van der Waals surface area contributed by atoms with E-state index in [4.69, 9.17) is 5.73 Å². The van der Waals surface area contributed by atoms with E-state index < -0.39 is 0 Å². The second kappa shape index (κ2) is 5.15. The maximum absolute atomic E-state index is 6.10. The van der Waals surface area contributed by atoms with Gasteiger partial charge in [0.15, 0.2) is 0 Å². The molecule has 0 aliphatic heterocycles. The van der Waals surface area contributed by atoms with E-state index in [2.05, 4.69) is 20.9 Å². The molecule has 3 aromatic rings. The Bertz CT molecular complexity index is 707. The summed E-state index contributed by atoms with van der Waals surface area (Å²) in [5.74, 6) is 0. The van der Waals surface area contributed by atoms with Gasteiger partial charge in [-0.05, 0) is 12.1 Å². The Hall–Kier alpha value is -1.65. The maximum Gasteiger partial charge on any atom is 0.126 e. The highest BCUT2D eigenvalue weighted by Crippen LogP contribution is 2.36. The number of nitrogens with two attached hydrogens (primary N) is 1. The third-order valence-electron chi connectivity index (χ3n) is 2.77. The highest BCUT2D eigenvalue weighted by atomic mass is 79.9. The largest absolute Gasteiger partial charge is 0.389 e. The summed E-state index contributed by atoms with van der Waals surface area (Å²) in [4.78, 5) is 4.66. The summed E-state index contributed by atoms with van der Waals surface area (Å²) in [5, 5.41) is 1.70. The van der Waals surface area contributed by atoms with Crippen LogP contribution in [0.3, 0.4) is 0 Å².